The Balaban J connectivity index is 1.31. The lowest BCUT2D eigenvalue weighted by atomic mass is 9.69. The zero-order valence-corrected chi connectivity index (χ0v) is 28.7. The van der Waals surface area contributed by atoms with Crippen LogP contribution in [-0.4, -0.2) is 4.57 Å². The largest absolute Gasteiger partial charge is 0.454 e. The number of benzene rings is 6. The van der Waals surface area contributed by atoms with Crippen LogP contribution in [0.1, 0.15) is 48.9 Å². The topological polar surface area (TPSA) is 18.1 Å². The molecule has 2 aromatic heterocycles. The van der Waals surface area contributed by atoms with Crippen LogP contribution in [-0.2, 0) is 5.41 Å². The second kappa shape index (κ2) is 10.4. The van der Waals surface area contributed by atoms with Crippen molar-refractivity contribution in [1.29, 1.82) is 0 Å². The first-order valence-corrected chi connectivity index (χ1v) is 18.1. The molecule has 0 saturated heterocycles. The summed E-state index contributed by atoms with van der Waals surface area (Å²) >= 11 is 0. The molecule has 3 aliphatic rings. The fraction of sp³-hybridized carbons (Fsp3) is 0.102. The van der Waals surface area contributed by atoms with Gasteiger partial charge in [-0.25, -0.2) is 0 Å². The first-order valence-electron chi connectivity index (χ1n) is 18.1. The maximum atomic E-state index is 7.06. The molecule has 0 atom stereocenters. The van der Waals surface area contributed by atoms with Crippen molar-refractivity contribution in [2.24, 2.45) is 0 Å². The molecule has 0 fully saturated rings. The lowest BCUT2D eigenvalue weighted by Crippen LogP contribution is -2.27. The molecule has 3 aliphatic carbocycles. The number of para-hydroxylation sites is 2. The molecule has 8 aromatic rings. The third-order valence-electron chi connectivity index (χ3n) is 11.9. The predicted octanol–water partition coefficient (Wildman–Crippen LogP) is 11.1. The number of fused-ring (bicyclic) bond motifs is 14. The average molecular weight is 654 g/mol. The Labute approximate surface area is 296 Å². The van der Waals surface area contributed by atoms with E-state index >= 15 is 0 Å². The van der Waals surface area contributed by atoms with Crippen LogP contribution in [0.4, 0.5) is 0 Å². The van der Waals surface area contributed by atoms with E-state index in [1.165, 1.54) is 66.3 Å². The van der Waals surface area contributed by atoms with Gasteiger partial charge < -0.3 is 8.98 Å². The first-order chi connectivity index (χ1) is 25.2. The number of hydrogen-bond acceptors (Lipinski definition) is 1. The van der Waals surface area contributed by atoms with Crippen LogP contribution >= 0.6 is 0 Å². The van der Waals surface area contributed by atoms with Gasteiger partial charge in [-0.1, -0.05) is 146 Å². The lowest BCUT2D eigenvalue weighted by molar-refractivity contribution is 0.569. The lowest BCUT2D eigenvalue weighted by Gasteiger charge is -2.32. The SMILES string of the molecule is C/C=c1\c(=C(/C)n2c3ccccc3c3ccc4c(c32)C2=C(C=CCC2)C42c3ccccc3-c3ccccc32)oc2c(-c3ccccc3)cccc12. The smallest absolute Gasteiger partial charge is 0.154 e. The zero-order valence-electron chi connectivity index (χ0n) is 28.7. The Bertz CT molecular complexity index is 2940. The monoisotopic (exact) mass is 653 g/mol. The molecular weight excluding hydrogens is 619 g/mol. The number of nitrogens with zero attached hydrogens (tertiary/aromatic N) is 1. The van der Waals surface area contributed by atoms with Gasteiger partial charge in [-0.2, -0.15) is 0 Å². The molecule has 11 rings (SSSR count). The van der Waals surface area contributed by atoms with Gasteiger partial charge >= 0.3 is 0 Å². The van der Waals surface area contributed by atoms with Gasteiger partial charge in [0, 0.05) is 32.5 Å². The summed E-state index contributed by atoms with van der Waals surface area (Å²) in [6.45, 7) is 4.38. The van der Waals surface area contributed by atoms with Crippen molar-refractivity contribution in [2.45, 2.75) is 32.1 Å². The molecule has 0 radical (unpaired) electrons. The van der Waals surface area contributed by atoms with Gasteiger partial charge in [-0.05, 0) is 77.3 Å². The molecule has 0 amide bonds. The maximum absolute atomic E-state index is 7.06. The van der Waals surface area contributed by atoms with Crippen LogP contribution in [0, 0.1) is 0 Å². The standard InChI is InChI=1S/C49H35NO/c1-3-32-38-23-15-22-33(31-16-5-4-6-17-31)48(38)51-47(32)30(2)50-44-27-14-10-20-36(44)37-28-29-43-45(46(37)50)39-21-9-13-26-42(39)49(43)40-24-11-7-18-34(40)35-19-8-12-25-41(35)49/h3-8,10-20,22-29H,9,21H2,1-2H3/b32-3-,47-30-. The number of allylic oxidation sites excluding steroid dienone is 4. The molecule has 6 aromatic carbocycles. The second-order valence-corrected chi connectivity index (χ2v) is 14.2. The van der Waals surface area contributed by atoms with E-state index in [2.05, 4.69) is 170 Å². The van der Waals surface area contributed by atoms with Crippen LogP contribution in [0.25, 0.3) is 72.4 Å². The normalized spacial score (nSPS) is 16.3. The van der Waals surface area contributed by atoms with Gasteiger partial charge in [0.05, 0.1) is 22.1 Å². The molecule has 0 N–H and O–H groups in total. The summed E-state index contributed by atoms with van der Waals surface area (Å²) in [6, 6.07) is 49.1. The van der Waals surface area contributed by atoms with Crippen LogP contribution < -0.4 is 10.6 Å². The molecular formula is C49H35NO. The average Bonchev–Trinajstić information content (AvgIpc) is 3.91. The summed E-state index contributed by atoms with van der Waals surface area (Å²) in [5, 5.41) is 4.82. The summed E-state index contributed by atoms with van der Waals surface area (Å²) < 4.78 is 9.58. The molecule has 2 heterocycles. The molecule has 0 saturated carbocycles. The van der Waals surface area contributed by atoms with E-state index in [4.69, 9.17) is 4.42 Å². The highest BCUT2D eigenvalue weighted by molar-refractivity contribution is 6.15. The van der Waals surface area contributed by atoms with Gasteiger partial charge in [0.1, 0.15) is 5.58 Å². The number of furan rings is 1. The van der Waals surface area contributed by atoms with Gasteiger partial charge in [-0.15, -0.1) is 0 Å². The summed E-state index contributed by atoms with van der Waals surface area (Å²) in [6.07, 6.45) is 9.11. The van der Waals surface area contributed by atoms with E-state index in [1.54, 1.807) is 0 Å². The van der Waals surface area contributed by atoms with Crippen LogP contribution in [0.2, 0.25) is 0 Å². The third-order valence-corrected chi connectivity index (χ3v) is 11.9. The van der Waals surface area contributed by atoms with Crippen molar-refractivity contribution in [3.63, 3.8) is 0 Å². The Morgan fingerprint density at radius 1 is 0.667 bits per heavy atom. The molecule has 0 bridgehead atoms. The Morgan fingerprint density at radius 2 is 1.35 bits per heavy atom. The first kappa shape index (κ1) is 28.7. The predicted molar refractivity (Wildman–Crippen MR) is 212 cm³/mol. The summed E-state index contributed by atoms with van der Waals surface area (Å²) in [4.78, 5) is 0. The molecule has 0 unspecified atom stereocenters. The third kappa shape index (κ3) is 3.57. The Morgan fingerprint density at radius 3 is 2.14 bits per heavy atom. The fourth-order valence-electron chi connectivity index (χ4n) is 9.90. The van der Waals surface area contributed by atoms with Gasteiger partial charge in [0.2, 0.25) is 0 Å². The minimum absolute atomic E-state index is 0.357. The highest BCUT2D eigenvalue weighted by Gasteiger charge is 2.53. The molecule has 51 heavy (non-hydrogen) atoms. The summed E-state index contributed by atoms with van der Waals surface area (Å²) in [5.41, 5.74) is 18.5. The van der Waals surface area contributed by atoms with E-state index < -0.39 is 0 Å². The van der Waals surface area contributed by atoms with Gasteiger partial charge in [-0.3, -0.25) is 0 Å². The molecule has 0 aliphatic heterocycles. The van der Waals surface area contributed by atoms with Crippen molar-refractivity contribution in [3.8, 4) is 22.3 Å². The fourth-order valence-corrected chi connectivity index (χ4v) is 9.90. The van der Waals surface area contributed by atoms with Crippen LogP contribution in [0.15, 0.2) is 156 Å². The van der Waals surface area contributed by atoms with Crippen LogP contribution in [0.3, 0.4) is 0 Å². The van der Waals surface area contributed by atoms with Crippen molar-refractivity contribution in [1.82, 2.24) is 4.57 Å². The van der Waals surface area contributed by atoms with E-state index in [-0.39, 0.29) is 5.41 Å². The Hall–Kier alpha value is -6.12. The van der Waals surface area contributed by atoms with E-state index in [0.29, 0.717) is 0 Å². The van der Waals surface area contributed by atoms with Gasteiger partial charge in [0.15, 0.2) is 5.42 Å². The number of hydrogen-bond donors (Lipinski definition) is 0. The van der Waals surface area contributed by atoms with E-state index in [1.807, 2.05) is 0 Å². The van der Waals surface area contributed by atoms with Gasteiger partial charge in [0.25, 0.3) is 0 Å². The number of rotatable bonds is 2. The highest BCUT2D eigenvalue weighted by Crippen LogP contribution is 2.64. The number of aromatic nitrogens is 1. The van der Waals surface area contributed by atoms with Crippen LogP contribution in [0.5, 0.6) is 0 Å². The van der Waals surface area contributed by atoms with E-state index in [9.17, 15) is 0 Å². The highest BCUT2D eigenvalue weighted by atomic mass is 16.3. The minimum atomic E-state index is -0.357. The molecule has 2 nitrogen and oxygen atoms in total. The summed E-state index contributed by atoms with van der Waals surface area (Å²) in [5.74, 6) is 0. The molecule has 242 valence electrons. The maximum Gasteiger partial charge on any atom is 0.154 e. The van der Waals surface area contributed by atoms with Crippen molar-refractivity contribution < 1.29 is 4.42 Å². The zero-order chi connectivity index (χ0) is 33.8. The molecule has 1 spiro atoms. The Kier molecular flexibility index (Phi) is 5.88. The van der Waals surface area contributed by atoms with Crippen molar-refractivity contribution in [2.75, 3.05) is 0 Å². The molecule has 2 heteroatoms. The van der Waals surface area contributed by atoms with E-state index in [0.717, 1.165) is 51.3 Å². The van der Waals surface area contributed by atoms with Crippen molar-refractivity contribution in [3.05, 3.63) is 184 Å². The van der Waals surface area contributed by atoms with Crippen molar-refractivity contribution >= 4 is 50.1 Å². The minimum Gasteiger partial charge on any atom is -0.454 e. The quantitative estimate of drug-likeness (QED) is 0.182. The second-order valence-electron chi connectivity index (χ2n) is 14.2. The summed E-state index contributed by atoms with van der Waals surface area (Å²) in [7, 11) is 0.